The molecule has 0 aliphatic rings. The van der Waals surface area contributed by atoms with Crippen LogP contribution in [0.4, 0.5) is 4.39 Å². The van der Waals surface area contributed by atoms with Crippen LogP contribution in [0.5, 0.6) is 0 Å². The fraction of sp³-hybridized carbons (Fsp3) is 0.333. The summed E-state index contributed by atoms with van der Waals surface area (Å²) in [6.07, 6.45) is 1.90. The van der Waals surface area contributed by atoms with Gasteiger partial charge in [-0.05, 0) is 23.6 Å². The van der Waals surface area contributed by atoms with Crippen LogP contribution in [0.15, 0.2) is 24.4 Å². The number of hydrogen-bond donors (Lipinski definition) is 0. The molecule has 0 atom stereocenters. The molecule has 1 nitrogen and oxygen atoms in total. The Balaban J connectivity index is 2.83. The highest BCUT2D eigenvalue weighted by atomic mass is 19.1. The maximum atomic E-state index is 13.5. The monoisotopic (exact) mass is 191 g/mol. The van der Waals surface area contributed by atoms with Gasteiger partial charge in [0, 0.05) is 18.6 Å². The molecule has 0 unspecified atom stereocenters. The van der Waals surface area contributed by atoms with Gasteiger partial charge in [-0.25, -0.2) is 4.39 Å². The molecule has 0 radical (unpaired) electrons. The first-order valence-electron chi connectivity index (χ1n) is 4.84. The van der Waals surface area contributed by atoms with E-state index in [0.717, 1.165) is 5.39 Å². The third kappa shape index (κ3) is 1.22. The summed E-state index contributed by atoms with van der Waals surface area (Å²) in [4.78, 5) is 0. The summed E-state index contributed by atoms with van der Waals surface area (Å²) in [6.45, 7) is 4.25. The van der Waals surface area contributed by atoms with E-state index < -0.39 is 0 Å². The van der Waals surface area contributed by atoms with Gasteiger partial charge >= 0.3 is 0 Å². The molecule has 0 bridgehead atoms. The molecule has 1 aromatic carbocycles. The van der Waals surface area contributed by atoms with Crippen LogP contribution in [-0.2, 0) is 7.05 Å². The zero-order valence-corrected chi connectivity index (χ0v) is 8.71. The lowest BCUT2D eigenvalue weighted by molar-refractivity contribution is 0.631. The van der Waals surface area contributed by atoms with Crippen molar-refractivity contribution in [2.45, 2.75) is 19.8 Å². The number of hydrogen-bond acceptors (Lipinski definition) is 0. The highest BCUT2D eigenvalue weighted by Crippen LogP contribution is 2.27. The Morgan fingerprint density at radius 3 is 2.57 bits per heavy atom. The number of aryl methyl sites for hydroxylation is 1. The number of halogens is 1. The number of nitrogens with zero attached hydrogens (tertiary/aromatic N) is 1. The molecular weight excluding hydrogens is 177 g/mol. The minimum absolute atomic E-state index is 0.142. The van der Waals surface area contributed by atoms with Gasteiger partial charge in [-0.1, -0.05) is 19.9 Å². The summed E-state index contributed by atoms with van der Waals surface area (Å²) in [7, 11) is 1.87. The van der Waals surface area contributed by atoms with Crippen LogP contribution in [0.25, 0.3) is 10.9 Å². The second-order valence-electron chi connectivity index (χ2n) is 3.98. The van der Waals surface area contributed by atoms with Gasteiger partial charge in [0.25, 0.3) is 0 Å². The summed E-state index contributed by atoms with van der Waals surface area (Å²) in [5, 5.41) is 1.03. The van der Waals surface area contributed by atoms with E-state index in [0.29, 0.717) is 11.4 Å². The molecule has 0 spiro atoms. The molecule has 0 saturated carbocycles. The summed E-state index contributed by atoms with van der Waals surface area (Å²) >= 11 is 0. The second-order valence-corrected chi connectivity index (χ2v) is 3.98. The van der Waals surface area contributed by atoms with Crippen LogP contribution < -0.4 is 0 Å². The molecule has 0 aliphatic carbocycles. The fourth-order valence-electron chi connectivity index (χ4n) is 1.89. The Morgan fingerprint density at radius 1 is 1.21 bits per heavy atom. The zero-order valence-electron chi connectivity index (χ0n) is 8.71. The van der Waals surface area contributed by atoms with Crippen LogP contribution in [0, 0.1) is 5.82 Å². The van der Waals surface area contributed by atoms with Crippen molar-refractivity contribution in [3.8, 4) is 0 Å². The topological polar surface area (TPSA) is 4.93 Å². The van der Waals surface area contributed by atoms with Gasteiger partial charge in [-0.3, -0.25) is 0 Å². The number of benzene rings is 1. The average molecular weight is 191 g/mol. The quantitative estimate of drug-likeness (QED) is 0.650. The lowest BCUT2D eigenvalue weighted by atomic mass is 9.99. The molecule has 2 aromatic rings. The van der Waals surface area contributed by atoms with Crippen LogP contribution >= 0.6 is 0 Å². The van der Waals surface area contributed by atoms with E-state index in [1.165, 1.54) is 5.56 Å². The van der Waals surface area contributed by atoms with Crippen LogP contribution in [-0.4, -0.2) is 4.57 Å². The van der Waals surface area contributed by atoms with Crippen molar-refractivity contribution in [2.75, 3.05) is 0 Å². The molecule has 0 N–H and O–H groups in total. The molecule has 0 fully saturated rings. The Hall–Kier alpha value is -1.31. The Morgan fingerprint density at radius 2 is 1.93 bits per heavy atom. The average Bonchev–Trinajstić information content (AvgIpc) is 2.49. The Kier molecular flexibility index (Phi) is 2.06. The molecule has 1 aromatic heterocycles. The van der Waals surface area contributed by atoms with Crippen LogP contribution in [0.1, 0.15) is 25.3 Å². The molecule has 14 heavy (non-hydrogen) atoms. The Labute approximate surface area is 83.2 Å². The van der Waals surface area contributed by atoms with Gasteiger partial charge < -0.3 is 4.57 Å². The summed E-state index contributed by atoms with van der Waals surface area (Å²) < 4.78 is 15.3. The zero-order chi connectivity index (χ0) is 10.3. The van der Waals surface area contributed by atoms with Gasteiger partial charge in [0.15, 0.2) is 0 Å². The summed E-state index contributed by atoms with van der Waals surface area (Å²) in [6, 6.07) is 5.41. The molecule has 2 rings (SSSR count). The minimum Gasteiger partial charge on any atom is -0.348 e. The first-order chi connectivity index (χ1) is 6.61. The van der Waals surface area contributed by atoms with Crippen molar-refractivity contribution < 1.29 is 4.39 Å². The number of fused-ring (bicyclic) bond motifs is 1. The van der Waals surface area contributed by atoms with E-state index in [4.69, 9.17) is 0 Å². The molecule has 2 heteroatoms. The van der Waals surface area contributed by atoms with Gasteiger partial charge in [-0.2, -0.15) is 0 Å². The first-order valence-corrected chi connectivity index (χ1v) is 4.84. The van der Waals surface area contributed by atoms with E-state index in [1.807, 2.05) is 29.9 Å². The van der Waals surface area contributed by atoms with E-state index in [-0.39, 0.29) is 5.82 Å². The van der Waals surface area contributed by atoms with Crippen LogP contribution in [0.3, 0.4) is 0 Å². The van der Waals surface area contributed by atoms with E-state index in [9.17, 15) is 4.39 Å². The van der Waals surface area contributed by atoms with Crippen molar-refractivity contribution in [1.82, 2.24) is 4.57 Å². The van der Waals surface area contributed by atoms with E-state index in [1.54, 1.807) is 6.07 Å². The SMILES string of the molecule is CC(C)c1ccc(F)c2c1ccn2C. The van der Waals surface area contributed by atoms with Crippen molar-refractivity contribution in [3.63, 3.8) is 0 Å². The lowest BCUT2D eigenvalue weighted by Crippen LogP contribution is -1.93. The fourth-order valence-corrected chi connectivity index (χ4v) is 1.89. The third-order valence-electron chi connectivity index (χ3n) is 2.64. The highest BCUT2D eigenvalue weighted by molar-refractivity contribution is 5.84. The van der Waals surface area contributed by atoms with Crippen molar-refractivity contribution in [3.05, 3.63) is 35.8 Å². The summed E-state index contributed by atoms with van der Waals surface area (Å²) in [5.41, 5.74) is 1.92. The van der Waals surface area contributed by atoms with E-state index in [2.05, 4.69) is 13.8 Å². The molecule has 0 aliphatic heterocycles. The first kappa shape index (κ1) is 9.25. The van der Waals surface area contributed by atoms with Crippen molar-refractivity contribution >= 4 is 10.9 Å². The van der Waals surface area contributed by atoms with Crippen molar-refractivity contribution in [1.29, 1.82) is 0 Å². The predicted molar refractivity (Wildman–Crippen MR) is 57.0 cm³/mol. The standard InChI is InChI=1S/C12H14FN/c1-8(2)9-4-5-11(13)12-10(9)6-7-14(12)3/h4-8H,1-3H3. The molecule has 0 saturated heterocycles. The number of rotatable bonds is 1. The summed E-state index contributed by atoms with van der Waals surface area (Å²) in [5.74, 6) is 0.289. The predicted octanol–water partition coefficient (Wildman–Crippen LogP) is 3.44. The maximum absolute atomic E-state index is 13.5. The Bertz CT molecular complexity index is 468. The molecule has 1 heterocycles. The smallest absolute Gasteiger partial charge is 0.147 e. The van der Waals surface area contributed by atoms with Gasteiger partial charge in [0.2, 0.25) is 0 Å². The van der Waals surface area contributed by atoms with Crippen molar-refractivity contribution in [2.24, 2.45) is 7.05 Å². The molecule has 0 amide bonds. The lowest BCUT2D eigenvalue weighted by Gasteiger charge is -2.08. The third-order valence-corrected chi connectivity index (χ3v) is 2.64. The maximum Gasteiger partial charge on any atom is 0.147 e. The largest absolute Gasteiger partial charge is 0.348 e. The minimum atomic E-state index is -0.142. The second kappa shape index (κ2) is 3.12. The highest BCUT2D eigenvalue weighted by Gasteiger charge is 2.10. The van der Waals surface area contributed by atoms with Gasteiger partial charge in [-0.15, -0.1) is 0 Å². The van der Waals surface area contributed by atoms with E-state index >= 15 is 0 Å². The van der Waals surface area contributed by atoms with Crippen LogP contribution in [0.2, 0.25) is 0 Å². The molecule has 74 valence electrons. The van der Waals surface area contributed by atoms with Gasteiger partial charge in [0.05, 0.1) is 5.52 Å². The number of aromatic nitrogens is 1. The normalized spacial score (nSPS) is 11.5. The molecular formula is C12H14FN. The van der Waals surface area contributed by atoms with Gasteiger partial charge in [0.1, 0.15) is 5.82 Å².